The lowest BCUT2D eigenvalue weighted by Crippen LogP contribution is -2.39. The number of aromatic nitrogens is 2. The van der Waals surface area contributed by atoms with Gasteiger partial charge in [-0.2, -0.15) is 5.10 Å². The third kappa shape index (κ3) is 5.01. The summed E-state index contributed by atoms with van der Waals surface area (Å²) in [6.45, 7) is 0. The molecule has 7 heteroatoms. The maximum absolute atomic E-state index is 12.1. The number of aromatic amines is 1. The smallest absolute Gasteiger partial charge is 0.264 e. The van der Waals surface area contributed by atoms with Crippen molar-refractivity contribution in [1.29, 1.82) is 0 Å². The van der Waals surface area contributed by atoms with E-state index < -0.39 is 0 Å². The summed E-state index contributed by atoms with van der Waals surface area (Å²) in [5.41, 5.74) is 1.77. The molecular weight excluding hydrogens is 330 g/mol. The summed E-state index contributed by atoms with van der Waals surface area (Å²) in [5, 5.41) is 10.5. The van der Waals surface area contributed by atoms with Crippen LogP contribution in [0, 0.1) is 0 Å². The summed E-state index contributed by atoms with van der Waals surface area (Å²) in [4.78, 5) is 23.4. The van der Waals surface area contributed by atoms with Gasteiger partial charge in [0.25, 0.3) is 5.56 Å². The number of rotatable bonds is 6. The standard InChI is InChI=1S/C16H23N3O2S2/c20-15(4-2-1-3-13-7-8-22-23-13)17-12-5-6-14-11(9-12)10-16(21)19-18-14/h10,12-13H,1-9H2,(H,17,20)(H,19,21). The Morgan fingerprint density at radius 1 is 1.39 bits per heavy atom. The molecule has 0 aromatic carbocycles. The number of aryl methyl sites for hydroxylation is 1. The van der Waals surface area contributed by atoms with Crippen LogP contribution in [0.1, 0.15) is 49.8 Å². The molecular formula is C16H23N3O2S2. The molecule has 1 aliphatic heterocycles. The Morgan fingerprint density at radius 3 is 3.13 bits per heavy atom. The molecule has 0 bridgehead atoms. The van der Waals surface area contributed by atoms with Crippen LogP contribution in [-0.2, 0) is 17.6 Å². The minimum atomic E-state index is -0.168. The number of carbonyl (C=O) groups is 1. The Hall–Kier alpha value is -0.950. The third-order valence-electron chi connectivity index (χ3n) is 4.45. The van der Waals surface area contributed by atoms with Gasteiger partial charge in [0.1, 0.15) is 0 Å². The number of hydrogen-bond acceptors (Lipinski definition) is 5. The van der Waals surface area contributed by atoms with Crippen LogP contribution in [0.5, 0.6) is 0 Å². The molecule has 1 aromatic heterocycles. The van der Waals surface area contributed by atoms with Gasteiger partial charge in [0.05, 0.1) is 5.69 Å². The first-order chi connectivity index (χ1) is 11.2. The molecule has 0 radical (unpaired) electrons. The van der Waals surface area contributed by atoms with Gasteiger partial charge in [-0.15, -0.1) is 0 Å². The second kappa shape index (κ2) is 8.24. The molecule has 1 saturated heterocycles. The average Bonchev–Trinajstić information content (AvgIpc) is 3.04. The summed E-state index contributed by atoms with van der Waals surface area (Å²) in [6.07, 6.45) is 7.69. The van der Waals surface area contributed by atoms with Gasteiger partial charge in [-0.05, 0) is 44.1 Å². The number of amides is 1. The van der Waals surface area contributed by atoms with Crippen LogP contribution in [-0.4, -0.2) is 33.1 Å². The minimum Gasteiger partial charge on any atom is -0.353 e. The van der Waals surface area contributed by atoms with Crippen molar-refractivity contribution in [3.8, 4) is 0 Å². The van der Waals surface area contributed by atoms with Gasteiger partial charge in [0.2, 0.25) is 5.91 Å². The van der Waals surface area contributed by atoms with E-state index in [1.54, 1.807) is 6.07 Å². The molecule has 0 spiro atoms. The summed E-state index contributed by atoms with van der Waals surface area (Å²) in [7, 11) is 3.98. The molecule has 1 aliphatic carbocycles. The molecule has 1 fully saturated rings. The maximum Gasteiger partial charge on any atom is 0.264 e. The number of fused-ring (bicyclic) bond motifs is 1. The van der Waals surface area contributed by atoms with Crippen LogP contribution in [0.15, 0.2) is 10.9 Å². The van der Waals surface area contributed by atoms with Crippen molar-refractivity contribution < 1.29 is 4.79 Å². The zero-order chi connectivity index (χ0) is 16.1. The zero-order valence-corrected chi connectivity index (χ0v) is 14.8. The van der Waals surface area contributed by atoms with Crippen LogP contribution < -0.4 is 10.9 Å². The quantitative estimate of drug-likeness (QED) is 0.607. The van der Waals surface area contributed by atoms with Gasteiger partial charge in [-0.3, -0.25) is 9.59 Å². The Bertz CT molecular complexity index is 599. The lowest BCUT2D eigenvalue weighted by Gasteiger charge is -2.24. The van der Waals surface area contributed by atoms with Crippen molar-refractivity contribution in [3.05, 3.63) is 27.7 Å². The summed E-state index contributed by atoms with van der Waals surface area (Å²) in [6, 6.07) is 1.75. The van der Waals surface area contributed by atoms with E-state index in [1.807, 2.05) is 21.6 Å². The molecule has 1 amide bonds. The lowest BCUT2D eigenvalue weighted by atomic mass is 9.92. The van der Waals surface area contributed by atoms with Gasteiger partial charge < -0.3 is 5.32 Å². The first kappa shape index (κ1) is 16.9. The van der Waals surface area contributed by atoms with E-state index in [9.17, 15) is 9.59 Å². The summed E-state index contributed by atoms with van der Waals surface area (Å²) < 4.78 is 0. The van der Waals surface area contributed by atoms with E-state index in [0.29, 0.717) is 12.8 Å². The van der Waals surface area contributed by atoms with E-state index in [0.717, 1.165) is 42.2 Å². The molecule has 126 valence electrons. The summed E-state index contributed by atoms with van der Waals surface area (Å²) >= 11 is 0. The molecule has 2 atom stereocenters. The fraction of sp³-hybridized carbons (Fsp3) is 0.688. The predicted octanol–water partition coefficient (Wildman–Crippen LogP) is 2.46. The summed E-state index contributed by atoms with van der Waals surface area (Å²) in [5.74, 6) is 1.42. The van der Waals surface area contributed by atoms with Gasteiger partial charge >= 0.3 is 0 Å². The fourth-order valence-electron chi connectivity index (χ4n) is 3.18. The third-order valence-corrected chi connectivity index (χ3v) is 7.45. The van der Waals surface area contributed by atoms with Crippen molar-refractivity contribution in [2.24, 2.45) is 0 Å². The predicted molar refractivity (Wildman–Crippen MR) is 95.7 cm³/mol. The highest BCUT2D eigenvalue weighted by atomic mass is 33.1. The number of unbranched alkanes of at least 4 members (excludes halogenated alkanes) is 1. The van der Waals surface area contributed by atoms with Crippen molar-refractivity contribution >= 4 is 27.5 Å². The van der Waals surface area contributed by atoms with Crippen molar-refractivity contribution in [2.75, 3.05) is 5.75 Å². The molecule has 3 rings (SSSR count). The van der Waals surface area contributed by atoms with Gasteiger partial charge in [0.15, 0.2) is 0 Å². The van der Waals surface area contributed by atoms with E-state index in [2.05, 4.69) is 15.5 Å². The highest BCUT2D eigenvalue weighted by Crippen LogP contribution is 2.39. The van der Waals surface area contributed by atoms with Crippen LogP contribution >= 0.6 is 21.6 Å². The second-order valence-corrected chi connectivity index (χ2v) is 9.07. The van der Waals surface area contributed by atoms with E-state index in [-0.39, 0.29) is 17.5 Å². The normalized spacial score (nSPS) is 23.5. The van der Waals surface area contributed by atoms with Crippen molar-refractivity contribution in [3.63, 3.8) is 0 Å². The Morgan fingerprint density at radius 2 is 2.30 bits per heavy atom. The number of carbonyl (C=O) groups excluding carboxylic acids is 1. The van der Waals surface area contributed by atoms with Crippen molar-refractivity contribution in [2.45, 2.75) is 62.7 Å². The second-order valence-electron chi connectivity index (χ2n) is 6.29. The Balaban J connectivity index is 1.37. The zero-order valence-electron chi connectivity index (χ0n) is 13.2. The highest BCUT2D eigenvalue weighted by molar-refractivity contribution is 8.77. The molecule has 5 nitrogen and oxygen atoms in total. The average molecular weight is 354 g/mol. The van der Waals surface area contributed by atoms with E-state index >= 15 is 0 Å². The fourth-order valence-corrected chi connectivity index (χ4v) is 6.21. The molecule has 2 aliphatic rings. The van der Waals surface area contributed by atoms with Gasteiger partial charge in [-0.1, -0.05) is 28.0 Å². The monoisotopic (exact) mass is 353 g/mol. The molecule has 2 heterocycles. The molecule has 0 saturated carbocycles. The SMILES string of the molecule is O=C(CCCCC1CCSS1)NC1CCc2n[nH]c(=O)cc2C1. The van der Waals surface area contributed by atoms with E-state index in [4.69, 9.17) is 0 Å². The number of nitrogens with zero attached hydrogens (tertiary/aromatic N) is 1. The Kier molecular flexibility index (Phi) is 6.05. The highest BCUT2D eigenvalue weighted by Gasteiger charge is 2.21. The lowest BCUT2D eigenvalue weighted by molar-refractivity contribution is -0.122. The topological polar surface area (TPSA) is 74.8 Å². The largest absolute Gasteiger partial charge is 0.353 e. The number of H-pyrrole nitrogens is 1. The number of nitrogens with one attached hydrogen (secondary N) is 2. The van der Waals surface area contributed by atoms with E-state index in [1.165, 1.54) is 18.6 Å². The molecule has 23 heavy (non-hydrogen) atoms. The maximum atomic E-state index is 12.1. The first-order valence-electron chi connectivity index (χ1n) is 8.36. The van der Waals surface area contributed by atoms with Gasteiger partial charge in [-0.25, -0.2) is 5.10 Å². The van der Waals surface area contributed by atoms with Crippen LogP contribution in [0.4, 0.5) is 0 Å². The van der Waals surface area contributed by atoms with Crippen LogP contribution in [0.3, 0.4) is 0 Å². The molecule has 1 aromatic rings. The van der Waals surface area contributed by atoms with Crippen LogP contribution in [0.2, 0.25) is 0 Å². The minimum absolute atomic E-state index is 0.139. The molecule has 2 N–H and O–H groups in total. The first-order valence-corrected chi connectivity index (χ1v) is 10.7. The Labute approximate surface area is 144 Å². The van der Waals surface area contributed by atoms with Gasteiger partial charge in [0, 0.05) is 29.5 Å². The van der Waals surface area contributed by atoms with Crippen LogP contribution in [0.25, 0.3) is 0 Å². The van der Waals surface area contributed by atoms with Crippen molar-refractivity contribution in [1.82, 2.24) is 15.5 Å². The number of hydrogen-bond donors (Lipinski definition) is 2. The molecule has 2 unspecified atom stereocenters.